The lowest BCUT2D eigenvalue weighted by Gasteiger charge is -2.30. The molecule has 24 heavy (non-hydrogen) atoms. The van der Waals surface area contributed by atoms with Crippen LogP contribution in [0.3, 0.4) is 0 Å². The lowest BCUT2D eigenvalue weighted by atomic mass is 10.1. The first-order valence-corrected chi connectivity index (χ1v) is 8.67. The molecular formula is C16H12ClNO5S. The fourth-order valence-corrected chi connectivity index (χ4v) is 4.17. The summed E-state index contributed by atoms with van der Waals surface area (Å²) in [6.07, 6.45) is 0. The highest BCUT2D eigenvalue weighted by Gasteiger charge is 2.41. The molecule has 0 spiro atoms. The summed E-state index contributed by atoms with van der Waals surface area (Å²) in [4.78, 5) is 10.4. The van der Waals surface area contributed by atoms with E-state index in [4.69, 9.17) is 11.6 Å². The number of carbonyl (C=O) groups is 1. The van der Waals surface area contributed by atoms with Gasteiger partial charge in [0.05, 0.1) is 12.2 Å². The molecule has 0 amide bonds. The molecule has 0 atom stereocenters. The van der Waals surface area contributed by atoms with Crippen molar-refractivity contribution in [1.82, 2.24) is 0 Å². The van der Waals surface area contributed by atoms with Crippen LogP contribution in [0.2, 0.25) is 5.02 Å². The molecule has 2 aromatic carbocycles. The van der Waals surface area contributed by atoms with Gasteiger partial charge in [-0.25, -0.2) is 13.2 Å². The van der Waals surface area contributed by atoms with Crippen molar-refractivity contribution in [2.75, 3.05) is 4.31 Å². The summed E-state index contributed by atoms with van der Waals surface area (Å²) in [7, 11) is -4.40. The first-order chi connectivity index (χ1) is 11.3. The second-order valence-electron chi connectivity index (χ2n) is 5.14. The molecule has 3 rings (SSSR count). The normalized spacial score (nSPS) is 16.0. The molecule has 0 saturated carbocycles. The van der Waals surface area contributed by atoms with Gasteiger partial charge in [-0.2, -0.15) is 0 Å². The number of hydrogen-bond acceptors (Lipinski definition) is 4. The maximum Gasteiger partial charge on any atom is 0.353 e. The summed E-state index contributed by atoms with van der Waals surface area (Å²) in [6.45, 7) is -0.0828. The van der Waals surface area contributed by atoms with E-state index in [0.717, 1.165) is 4.31 Å². The van der Waals surface area contributed by atoms with Gasteiger partial charge in [-0.15, -0.1) is 0 Å². The van der Waals surface area contributed by atoms with Gasteiger partial charge in [0.1, 0.15) is 0 Å². The highest BCUT2D eigenvalue weighted by atomic mass is 35.5. The van der Waals surface area contributed by atoms with Crippen LogP contribution in [-0.2, 0) is 21.4 Å². The van der Waals surface area contributed by atoms with Crippen molar-refractivity contribution in [1.29, 1.82) is 0 Å². The smallest absolute Gasteiger partial charge is 0.353 e. The Morgan fingerprint density at radius 3 is 2.33 bits per heavy atom. The predicted octanol–water partition coefficient (Wildman–Crippen LogP) is 3.00. The zero-order valence-corrected chi connectivity index (χ0v) is 13.8. The van der Waals surface area contributed by atoms with Gasteiger partial charge in [-0.1, -0.05) is 35.9 Å². The molecule has 0 radical (unpaired) electrons. The number of carboxylic acids is 1. The van der Waals surface area contributed by atoms with Crippen molar-refractivity contribution < 1.29 is 23.4 Å². The SMILES string of the molecule is O=C(O)C1=C(O)c2ccccc2N(Cc2ccc(Cl)cc2)S1(=O)=O. The molecule has 0 aliphatic carbocycles. The van der Waals surface area contributed by atoms with Crippen LogP contribution in [0, 0.1) is 0 Å². The second-order valence-corrected chi connectivity index (χ2v) is 7.37. The average molecular weight is 366 g/mol. The quantitative estimate of drug-likeness (QED) is 0.871. The summed E-state index contributed by atoms with van der Waals surface area (Å²) in [5, 5.41) is 19.9. The monoisotopic (exact) mass is 365 g/mol. The number of halogens is 1. The highest BCUT2D eigenvalue weighted by Crippen LogP contribution is 2.39. The van der Waals surface area contributed by atoms with Crippen LogP contribution >= 0.6 is 11.6 Å². The number of benzene rings is 2. The molecule has 0 aromatic heterocycles. The van der Waals surface area contributed by atoms with Crippen LogP contribution in [0.1, 0.15) is 11.1 Å². The Balaban J connectivity index is 2.18. The van der Waals surface area contributed by atoms with Crippen LogP contribution in [0.5, 0.6) is 0 Å². The fraction of sp³-hybridized carbons (Fsp3) is 0.0625. The maximum absolute atomic E-state index is 12.7. The van der Waals surface area contributed by atoms with E-state index >= 15 is 0 Å². The summed E-state index contributed by atoms with van der Waals surface area (Å²) < 4.78 is 26.4. The van der Waals surface area contributed by atoms with E-state index in [9.17, 15) is 23.4 Å². The molecule has 1 aliphatic rings. The topological polar surface area (TPSA) is 94.9 Å². The molecule has 1 heterocycles. The lowest BCUT2D eigenvalue weighted by Crippen LogP contribution is -2.37. The van der Waals surface area contributed by atoms with Crippen LogP contribution in [-0.4, -0.2) is 24.6 Å². The van der Waals surface area contributed by atoms with Gasteiger partial charge in [-0.3, -0.25) is 4.31 Å². The summed E-state index contributed by atoms with van der Waals surface area (Å²) in [5.41, 5.74) is 0.998. The molecule has 8 heteroatoms. The van der Waals surface area contributed by atoms with Gasteiger partial charge in [0.15, 0.2) is 5.76 Å². The van der Waals surface area contributed by atoms with Crippen LogP contribution < -0.4 is 4.31 Å². The number of rotatable bonds is 3. The van der Waals surface area contributed by atoms with Gasteiger partial charge in [0.25, 0.3) is 10.0 Å². The van der Waals surface area contributed by atoms with Crippen LogP contribution in [0.4, 0.5) is 5.69 Å². The number of aliphatic hydroxyl groups excluding tert-OH is 1. The molecule has 0 fully saturated rings. The van der Waals surface area contributed by atoms with Gasteiger partial charge in [0, 0.05) is 10.6 Å². The Bertz CT molecular complexity index is 951. The van der Waals surface area contributed by atoms with E-state index < -0.39 is 26.7 Å². The van der Waals surface area contributed by atoms with E-state index in [-0.39, 0.29) is 17.8 Å². The van der Waals surface area contributed by atoms with Crippen LogP contribution in [0.25, 0.3) is 5.76 Å². The van der Waals surface area contributed by atoms with Crippen molar-refractivity contribution in [3.63, 3.8) is 0 Å². The standard InChI is InChI=1S/C16H12ClNO5S/c17-11-7-5-10(6-8-11)9-18-13-4-2-1-3-12(13)14(19)15(16(20)21)24(18,22)23/h1-8,19H,9H2,(H,20,21). The minimum absolute atomic E-state index is 0.0828. The molecule has 1 aliphatic heterocycles. The zero-order chi connectivity index (χ0) is 17.5. The van der Waals surface area contributed by atoms with E-state index in [2.05, 4.69) is 0 Å². The van der Waals surface area contributed by atoms with Gasteiger partial charge < -0.3 is 10.2 Å². The zero-order valence-electron chi connectivity index (χ0n) is 12.2. The maximum atomic E-state index is 12.7. The van der Waals surface area contributed by atoms with Gasteiger partial charge in [0.2, 0.25) is 4.91 Å². The summed E-state index contributed by atoms with van der Waals surface area (Å²) in [6, 6.07) is 12.7. The summed E-state index contributed by atoms with van der Waals surface area (Å²) >= 11 is 5.83. The van der Waals surface area contributed by atoms with Crippen molar-refractivity contribution in [2.45, 2.75) is 6.54 Å². The number of carboxylic acid groups (broad SMARTS) is 1. The van der Waals surface area contributed by atoms with Gasteiger partial charge in [-0.05, 0) is 29.8 Å². The van der Waals surface area contributed by atoms with E-state index in [1.807, 2.05) is 0 Å². The molecule has 124 valence electrons. The molecule has 2 N–H and O–H groups in total. The number of aliphatic carboxylic acids is 1. The lowest BCUT2D eigenvalue weighted by molar-refractivity contribution is -0.131. The van der Waals surface area contributed by atoms with Crippen molar-refractivity contribution in [2.24, 2.45) is 0 Å². The third-order valence-corrected chi connectivity index (χ3v) is 5.67. The van der Waals surface area contributed by atoms with Crippen molar-refractivity contribution in [3.8, 4) is 0 Å². The number of anilines is 1. The third-order valence-electron chi connectivity index (χ3n) is 3.62. The molecular weight excluding hydrogens is 354 g/mol. The highest BCUT2D eigenvalue weighted by molar-refractivity contribution is 7.97. The average Bonchev–Trinajstić information content (AvgIpc) is 2.52. The Kier molecular flexibility index (Phi) is 3.98. The number of fused-ring (bicyclic) bond motifs is 1. The molecule has 0 saturated heterocycles. The number of nitrogens with zero attached hydrogens (tertiary/aromatic N) is 1. The number of sulfonamides is 1. The number of hydrogen-bond donors (Lipinski definition) is 2. The molecule has 0 bridgehead atoms. The number of aliphatic hydroxyl groups is 1. The number of para-hydroxylation sites is 1. The Hall–Kier alpha value is -2.51. The van der Waals surface area contributed by atoms with Crippen LogP contribution in [0.15, 0.2) is 53.4 Å². The minimum atomic E-state index is -4.40. The predicted molar refractivity (Wildman–Crippen MR) is 90.2 cm³/mol. The largest absolute Gasteiger partial charge is 0.506 e. The Morgan fingerprint density at radius 1 is 1.08 bits per heavy atom. The molecule has 6 nitrogen and oxygen atoms in total. The first kappa shape index (κ1) is 16.4. The molecule has 0 unspecified atom stereocenters. The van der Waals surface area contributed by atoms with Crippen molar-refractivity contribution in [3.05, 3.63) is 69.6 Å². The third kappa shape index (κ3) is 2.61. The second kappa shape index (κ2) is 5.85. The molecule has 2 aromatic rings. The Morgan fingerprint density at radius 2 is 1.71 bits per heavy atom. The minimum Gasteiger partial charge on any atom is -0.506 e. The van der Waals surface area contributed by atoms with Crippen molar-refractivity contribution >= 4 is 39.0 Å². The van der Waals surface area contributed by atoms with E-state index in [0.29, 0.717) is 10.6 Å². The summed E-state index contributed by atoms with van der Waals surface area (Å²) in [5.74, 6) is -2.46. The Labute approximate surface area is 143 Å². The van der Waals surface area contributed by atoms with Gasteiger partial charge >= 0.3 is 5.97 Å². The van der Waals surface area contributed by atoms with E-state index in [1.54, 1.807) is 36.4 Å². The van der Waals surface area contributed by atoms with E-state index in [1.165, 1.54) is 12.1 Å². The first-order valence-electron chi connectivity index (χ1n) is 6.85. The fourth-order valence-electron chi connectivity index (χ4n) is 2.51.